The lowest BCUT2D eigenvalue weighted by Gasteiger charge is -2.09. The number of rotatable bonds is 4. The van der Waals surface area contributed by atoms with Crippen molar-refractivity contribution < 1.29 is 9.72 Å². The van der Waals surface area contributed by atoms with Crippen molar-refractivity contribution in [2.45, 2.75) is 13.8 Å². The molecule has 0 spiro atoms. The van der Waals surface area contributed by atoms with Crippen LogP contribution in [0.2, 0.25) is 0 Å². The van der Waals surface area contributed by atoms with E-state index < -0.39 is 4.92 Å². The van der Waals surface area contributed by atoms with Gasteiger partial charge in [-0.05, 0) is 32.0 Å². The number of hydrogen-bond acceptors (Lipinski definition) is 3. The fraction of sp³-hybridized carbons (Fsp3) is 0.214. The van der Waals surface area contributed by atoms with Crippen LogP contribution in [-0.2, 0) is 0 Å². The lowest BCUT2D eigenvalue weighted by Crippen LogP contribution is -2.04. The van der Waals surface area contributed by atoms with Crippen molar-refractivity contribution in [1.82, 2.24) is 4.57 Å². The second-order valence-electron chi connectivity index (χ2n) is 4.45. The van der Waals surface area contributed by atoms with Crippen LogP contribution in [0.15, 0.2) is 30.3 Å². The summed E-state index contributed by atoms with van der Waals surface area (Å²) in [4.78, 5) is 22.1. The molecule has 0 radical (unpaired) electrons. The molecule has 0 saturated carbocycles. The molecule has 0 amide bonds. The number of hydrogen-bond donors (Lipinski definition) is 0. The van der Waals surface area contributed by atoms with E-state index in [1.165, 1.54) is 12.1 Å². The highest BCUT2D eigenvalue weighted by molar-refractivity contribution is 14.1. The first-order valence-electron chi connectivity index (χ1n) is 5.98. The summed E-state index contributed by atoms with van der Waals surface area (Å²) in [5.74, 6) is 0.0897. The van der Waals surface area contributed by atoms with Gasteiger partial charge < -0.3 is 4.57 Å². The molecule has 0 unspecified atom stereocenters. The summed E-state index contributed by atoms with van der Waals surface area (Å²) in [6.07, 6.45) is 0. The van der Waals surface area contributed by atoms with E-state index in [4.69, 9.17) is 0 Å². The number of carbonyl (C=O) groups is 1. The molecule has 6 heteroatoms. The third-order valence-electron chi connectivity index (χ3n) is 3.17. The fourth-order valence-electron chi connectivity index (χ4n) is 2.24. The van der Waals surface area contributed by atoms with Gasteiger partial charge in [0, 0.05) is 34.8 Å². The molecule has 20 heavy (non-hydrogen) atoms. The van der Waals surface area contributed by atoms with E-state index in [0.717, 1.165) is 17.1 Å². The average Bonchev–Trinajstić information content (AvgIpc) is 2.73. The number of alkyl halides is 1. The minimum absolute atomic E-state index is 0.0553. The standard InChI is InChI=1S/C14H13IN2O3/c1-9-7-13(14(18)8-15)10(2)16(9)11-3-5-12(6-4-11)17(19)20/h3-7H,8H2,1-2H3. The Balaban J connectivity index is 2.50. The van der Waals surface area contributed by atoms with E-state index in [1.54, 1.807) is 12.1 Å². The van der Waals surface area contributed by atoms with Gasteiger partial charge in [-0.15, -0.1) is 0 Å². The summed E-state index contributed by atoms with van der Waals surface area (Å²) in [5, 5.41) is 10.7. The third-order valence-corrected chi connectivity index (χ3v) is 3.86. The Bertz CT molecular complexity index is 674. The zero-order valence-electron chi connectivity index (χ0n) is 11.1. The predicted octanol–water partition coefficient (Wildman–Crippen LogP) is 3.62. The van der Waals surface area contributed by atoms with Gasteiger partial charge in [0.1, 0.15) is 0 Å². The topological polar surface area (TPSA) is 65.1 Å². The van der Waals surface area contributed by atoms with E-state index in [2.05, 4.69) is 0 Å². The minimum Gasteiger partial charge on any atom is -0.318 e. The summed E-state index contributed by atoms with van der Waals surface area (Å²) < 4.78 is 2.37. The van der Waals surface area contributed by atoms with Crippen LogP contribution >= 0.6 is 22.6 Å². The number of Topliss-reactive ketones (excluding diaryl/α,β-unsaturated/α-hetero) is 1. The maximum absolute atomic E-state index is 11.9. The van der Waals surface area contributed by atoms with Crippen LogP contribution in [0, 0.1) is 24.0 Å². The number of nitro benzene ring substituents is 1. The van der Waals surface area contributed by atoms with Crippen LogP contribution in [0.4, 0.5) is 5.69 Å². The molecule has 5 nitrogen and oxygen atoms in total. The van der Waals surface area contributed by atoms with Gasteiger partial charge >= 0.3 is 0 Å². The number of aryl methyl sites for hydroxylation is 1. The smallest absolute Gasteiger partial charge is 0.269 e. The number of nitro groups is 1. The van der Waals surface area contributed by atoms with E-state index in [9.17, 15) is 14.9 Å². The molecule has 0 N–H and O–H groups in total. The minimum atomic E-state index is -0.426. The molecule has 1 heterocycles. The molecular weight excluding hydrogens is 371 g/mol. The molecule has 0 bridgehead atoms. The maximum atomic E-state index is 11.9. The van der Waals surface area contributed by atoms with E-state index >= 15 is 0 Å². The molecular formula is C14H13IN2O3. The van der Waals surface area contributed by atoms with Crippen molar-refractivity contribution in [2.75, 3.05) is 4.43 Å². The first kappa shape index (κ1) is 14.7. The number of halogens is 1. The van der Waals surface area contributed by atoms with Crippen LogP contribution < -0.4 is 0 Å². The number of ketones is 1. The largest absolute Gasteiger partial charge is 0.318 e. The Morgan fingerprint density at radius 3 is 2.40 bits per heavy atom. The quantitative estimate of drug-likeness (QED) is 0.266. The van der Waals surface area contributed by atoms with Gasteiger partial charge in [0.15, 0.2) is 5.78 Å². The Morgan fingerprint density at radius 1 is 1.30 bits per heavy atom. The molecule has 0 aliphatic heterocycles. The monoisotopic (exact) mass is 384 g/mol. The number of nitrogens with zero attached hydrogens (tertiary/aromatic N) is 2. The van der Waals surface area contributed by atoms with E-state index in [0.29, 0.717) is 9.99 Å². The fourth-order valence-corrected chi connectivity index (χ4v) is 2.65. The van der Waals surface area contributed by atoms with Gasteiger partial charge in [0.05, 0.1) is 9.35 Å². The van der Waals surface area contributed by atoms with Gasteiger partial charge in [0.25, 0.3) is 5.69 Å². The summed E-state index contributed by atoms with van der Waals surface area (Å²) >= 11 is 2.05. The molecule has 0 aliphatic carbocycles. The molecule has 0 fully saturated rings. The van der Waals surface area contributed by atoms with Crippen molar-refractivity contribution in [3.05, 3.63) is 57.4 Å². The van der Waals surface area contributed by atoms with Crippen molar-refractivity contribution in [3.8, 4) is 5.69 Å². The summed E-state index contributed by atoms with van der Waals surface area (Å²) in [6, 6.07) is 8.17. The normalized spacial score (nSPS) is 10.6. The van der Waals surface area contributed by atoms with Gasteiger partial charge in [-0.3, -0.25) is 14.9 Å². The highest BCUT2D eigenvalue weighted by atomic mass is 127. The predicted molar refractivity (Wildman–Crippen MR) is 85.1 cm³/mol. The van der Waals surface area contributed by atoms with Crippen LogP contribution in [0.5, 0.6) is 0 Å². The van der Waals surface area contributed by atoms with Crippen LogP contribution in [0.1, 0.15) is 21.7 Å². The summed E-state index contributed by atoms with van der Waals surface area (Å²) in [7, 11) is 0. The highest BCUT2D eigenvalue weighted by Gasteiger charge is 2.16. The molecule has 2 aromatic rings. The molecule has 104 valence electrons. The Labute approximate surface area is 129 Å². The lowest BCUT2D eigenvalue weighted by molar-refractivity contribution is -0.384. The van der Waals surface area contributed by atoms with Crippen LogP contribution in [0.3, 0.4) is 0 Å². The molecule has 0 atom stereocenters. The number of non-ortho nitro benzene ring substituents is 1. The molecule has 1 aromatic carbocycles. The van der Waals surface area contributed by atoms with Gasteiger partial charge in [-0.1, -0.05) is 22.6 Å². The first-order valence-corrected chi connectivity index (χ1v) is 7.51. The highest BCUT2D eigenvalue weighted by Crippen LogP contribution is 2.23. The SMILES string of the molecule is Cc1cc(C(=O)CI)c(C)n1-c1ccc([N+](=O)[O-])cc1. The molecule has 2 rings (SSSR count). The van der Waals surface area contributed by atoms with E-state index in [1.807, 2.05) is 47.1 Å². The molecule has 0 aliphatic rings. The number of benzene rings is 1. The third kappa shape index (κ3) is 2.60. The van der Waals surface area contributed by atoms with E-state index in [-0.39, 0.29) is 11.5 Å². The van der Waals surface area contributed by atoms with Gasteiger partial charge in [0.2, 0.25) is 0 Å². The maximum Gasteiger partial charge on any atom is 0.269 e. The number of carbonyl (C=O) groups excluding carboxylic acids is 1. The van der Waals surface area contributed by atoms with Crippen molar-refractivity contribution in [2.24, 2.45) is 0 Å². The van der Waals surface area contributed by atoms with Gasteiger partial charge in [-0.2, -0.15) is 0 Å². The number of aromatic nitrogens is 1. The zero-order valence-corrected chi connectivity index (χ0v) is 13.2. The molecule has 1 aromatic heterocycles. The Hall–Kier alpha value is -1.70. The zero-order chi connectivity index (χ0) is 14.9. The lowest BCUT2D eigenvalue weighted by atomic mass is 10.2. The first-order chi connectivity index (χ1) is 9.45. The van der Waals surface area contributed by atoms with Crippen LogP contribution in [-0.4, -0.2) is 19.7 Å². The van der Waals surface area contributed by atoms with Crippen LogP contribution in [0.25, 0.3) is 5.69 Å². The second-order valence-corrected chi connectivity index (χ2v) is 5.21. The Kier molecular flexibility index (Phi) is 4.22. The summed E-state index contributed by atoms with van der Waals surface area (Å²) in [6.45, 7) is 3.80. The second kappa shape index (κ2) is 5.74. The van der Waals surface area contributed by atoms with Gasteiger partial charge in [-0.25, -0.2) is 0 Å². The van der Waals surface area contributed by atoms with Crippen molar-refractivity contribution in [1.29, 1.82) is 0 Å². The van der Waals surface area contributed by atoms with Crippen molar-refractivity contribution in [3.63, 3.8) is 0 Å². The van der Waals surface area contributed by atoms with Crippen molar-refractivity contribution >= 4 is 34.1 Å². The summed E-state index contributed by atoms with van der Waals surface area (Å²) in [5.41, 5.74) is 3.37. The molecule has 0 saturated heterocycles. The average molecular weight is 384 g/mol. The Morgan fingerprint density at radius 2 is 1.90 bits per heavy atom.